The van der Waals surface area contributed by atoms with Crippen molar-refractivity contribution in [2.45, 2.75) is 51.2 Å². The SMILES string of the molecule is N=C(N)c1ccc(COC2CCCCCC2)c(Cl)c1. The minimum absolute atomic E-state index is 0.0399. The highest BCUT2D eigenvalue weighted by atomic mass is 35.5. The molecule has 1 aliphatic rings. The summed E-state index contributed by atoms with van der Waals surface area (Å²) in [4.78, 5) is 0. The molecule has 0 unspecified atom stereocenters. The highest BCUT2D eigenvalue weighted by molar-refractivity contribution is 6.31. The fourth-order valence-corrected chi connectivity index (χ4v) is 2.68. The highest BCUT2D eigenvalue weighted by Crippen LogP contribution is 2.23. The molecule has 0 bridgehead atoms. The van der Waals surface area contributed by atoms with Gasteiger partial charge in [0.25, 0.3) is 0 Å². The summed E-state index contributed by atoms with van der Waals surface area (Å²) in [5.41, 5.74) is 7.06. The van der Waals surface area contributed by atoms with Gasteiger partial charge in [0.15, 0.2) is 0 Å². The van der Waals surface area contributed by atoms with Crippen molar-refractivity contribution in [1.82, 2.24) is 0 Å². The van der Waals surface area contributed by atoms with Gasteiger partial charge >= 0.3 is 0 Å². The smallest absolute Gasteiger partial charge is 0.122 e. The quantitative estimate of drug-likeness (QED) is 0.500. The van der Waals surface area contributed by atoms with Crippen molar-refractivity contribution in [3.05, 3.63) is 34.3 Å². The number of amidine groups is 1. The standard InChI is InChI=1S/C15H21ClN2O/c16-14-9-11(15(17)18)7-8-12(14)10-19-13-5-3-1-2-4-6-13/h7-9,13H,1-6,10H2,(H3,17,18). The van der Waals surface area contributed by atoms with Crippen molar-refractivity contribution in [3.63, 3.8) is 0 Å². The number of halogens is 1. The van der Waals surface area contributed by atoms with E-state index in [1.807, 2.05) is 12.1 Å². The zero-order valence-corrected chi connectivity index (χ0v) is 11.9. The minimum atomic E-state index is 0.0399. The molecule has 0 saturated heterocycles. The number of nitrogen functional groups attached to an aromatic ring is 1. The van der Waals surface area contributed by atoms with Crippen LogP contribution in [0.5, 0.6) is 0 Å². The van der Waals surface area contributed by atoms with Gasteiger partial charge < -0.3 is 10.5 Å². The van der Waals surface area contributed by atoms with Gasteiger partial charge in [-0.25, -0.2) is 0 Å². The Hall–Kier alpha value is -1.06. The number of nitrogens with two attached hydrogens (primary N) is 1. The van der Waals surface area contributed by atoms with Crippen LogP contribution in [0.3, 0.4) is 0 Å². The Labute approximate surface area is 119 Å². The molecule has 3 nitrogen and oxygen atoms in total. The molecule has 1 aromatic carbocycles. The molecule has 0 atom stereocenters. The molecule has 0 amide bonds. The molecule has 2 rings (SSSR count). The average Bonchev–Trinajstić information content (AvgIpc) is 2.65. The van der Waals surface area contributed by atoms with Crippen molar-refractivity contribution >= 4 is 17.4 Å². The Morgan fingerprint density at radius 3 is 2.53 bits per heavy atom. The van der Waals surface area contributed by atoms with Gasteiger partial charge in [0.1, 0.15) is 5.84 Å². The van der Waals surface area contributed by atoms with Crippen molar-refractivity contribution in [3.8, 4) is 0 Å². The molecule has 3 N–H and O–H groups in total. The molecule has 0 spiro atoms. The Bertz CT molecular complexity index is 440. The third-order valence-corrected chi connectivity index (χ3v) is 3.99. The number of ether oxygens (including phenoxy) is 1. The predicted octanol–water partition coefficient (Wildman–Crippen LogP) is 3.86. The van der Waals surface area contributed by atoms with Crippen LogP contribution in [0.2, 0.25) is 5.02 Å². The summed E-state index contributed by atoms with van der Waals surface area (Å²) in [5.74, 6) is 0.0399. The number of rotatable bonds is 4. The van der Waals surface area contributed by atoms with E-state index in [1.54, 1.807) is 6.07 Å². The second-order valence-corrected chi connectivity index (χ2v) is 5.55. The maximum absolute atomic E-state index is 7.38. The van der Waals surface area contributed by atoms with E-state index in [-0.39, 0.29) is 5.84 Å². The topological polar surface area (TPSA) is 59.1 Å². The Kier molecular flexibility index (Phi) is 5.23. The third kappa shape index (κ3) is 4.22. The normalized spacial score (nSPS) is 17.1. The lowest BCUT2D eigenvalue weighted by Crippen LogP contribution is -2.13. The maximum Gasteiger partial charge on any atom is 0.122 e. The number of nitrogens with one attached hydrogen (secondary N) is 1. The van der Waals surface area contributed by atoms with Crippen LogP contribution < -0.4 is 5.73 Å². The molecule has 1 aliphatic carbocycles. The van der Waals surface area contributed by atoms with Gasteiger partial charge in [-0.1, -0.05) is 49.4 Å². The van der Waals surface area contributed by atoms with Gasteiger partial charge in [0.05, 0.1) is 12.7 Å². The number of benzene rings is 1. The van der Waals surface area contributed by atoms with Gasteiger partial charge in [-0.15, -0.1) is 0 Å². The van der Waals surface area contributed by atoms with Crippen molar-refractivity contribution in [2.24, 2.45) is 5.73 Å². The number of hydrogen-bond acceptors (Lipinski definition) is 2. The molecule has 1 aromatic rings. The molecule has 1 fully saturated rings. The Balaban J connectivity index is 1.93. The zero-order valence-electron chi connectivity index (χ0n) is 11.1. The second-order valence-electron chi connectivity index (χ2n) is 5.14. The van der Waals surface area contributed by atoms with Crippen molar-refractivity contribution in [2.75, 3.05) is 0 Å². The van der Waals surface area contributed by atoms with Crippen LogP contribution in [0.15, 0.2) is 18.2 Å². The van der Waals surface area contributed by atoms with E-state index in [0.29, 0.717) is 23.3 Å². The first-order chi connectivity index (χ1) is 9.16. The summed E-state index contributed by atoms with van der Waals surface area (Å²) >= 11 is 6.19. The fraction of sp³-hybridized carbons (Fsp3) is 0.533. The first kappa shape index (κ1) is 14.4. The highest BCUT2D eigenvalue weighted by Gasteiger charge is 2.13. The molecular formula is C15H21ClN2O. The maximum atomic E-state index is 7.38. The van der Waals surface area contributed by atoms with Crippen LogP contribution in [-0.4, -0.2) is 11.9 Å². The van der Waals surface area contributed by atoms with Gasteiger partial charge in [-0.05, 0) is 24.5 Å². The van der Waals surface area contributed by atoms with Gasteiger partial charge in [0.2, 0.25) is 0 Å². The van der Waals surface area contributed by atoms with E-state index < -0.39 is 0 Å². The van der Waals surface area contributed by atoms with Gasteiger partial charge in [0, 0.05) is 10.6 Å². The van der Waals surface area contributed by atoms with Crippen molar-refractivity contribution < 1.29 is 4.74 Å². The monoisotopic (exact) mass is 280 g/mol. The molecule has 104 valence electrons. The lowest BCUT2D eigenvalue weighted by Gasteiger charge is -2.16. The Morgan fingerprint density at radius 2 is 1.95 bits per heavy atom. The van der Waals surface area contributed by atoms with E-state index in [9.17, 15) is 0 Å². The van der Waals surface area contributed by atoms with Crippen LogP contribution in [0.25, 0.3) is 0 Å². The summed E-state index contributed by atoms with van der Waals surface area (Å²) in [7, 11) is 0. The summed E-state index contributed by atoms with van der Waals surface area (Å²) in [6, 6.07) is 5.45. The summed E-state index contributed by atoms with van der Waals surface area (Å²) in [6.45, 7) is 0.543. The van der Waals surface area contributed by atoms with E-state index in [1.165, 1.54) is 25.7 Å². The minimum Gasteiger partial charge on any atom is -0.384 e. The average molecular weight is 281 g/mol. The summed E-state index contributed by atoms with van der Waals surface area (Å²) < 4.78 is 5.96. The van der Waals surface area contributed by atoms with Crippen LogP contribution >= 0.6 is 11.6 Å². The molecule has 4 heteroatoms. The van der Waals surface area contributed by atoms with Gasteiger partial charge in [-0.3, -0.25) is 5.41 Å². The first-order valence-corrected chi connectivity index (χ1v) is 7.29. The van der Waals surface area contributed by atoms with Crippen LogP contribution in [0.4, 0.5) is 0 Å². The molecule has 0 aliphatic heterocycles. The van der Waals surface area contributed by atoms with Crippen molar-refractivity contribution in [1.29, 1.82) is 5.41 Å². The molecule has 0 aromatic heterocycles. The van der Waals surface area contributed by atoms with Gasteiger partial charge in [-0.2, -0.15) is 0 Å². The van der Waals surface area contributed by atoms with E-state index in [4.69, 9.17) is 27.5 Å². The van der Waals surface area contributed by atoms with E-state index >= 15 is 0 Å². The predicted molar refractivity (Wildman–Crippen MR) is 78.7 cm³/mol. The van der Waals surface area contributed by atoms with Crippen LogP contribution in [0.1, 0.15) is 49.7 Å². The van der Waals surface area contributed by atoms with E-state index in [0.717, 1.165) is 18.4 Å². The van der Waals surface area contributed by atoms with Crippen LogP contribution in [0, 0.1) is 5.41 Å². The fourth-order valence-electron chi connectivity index (χ4n) is 2.45. The first-order valence-electron chi connectivity index (χ1n) is 6.91. The van der Waals surface area contributed by atoms with E-state index in [2.05, 4.69) is 0 Å². The molecule has 0 heterocycles. The largest absolute Gasteiger partial charge is 0.384 e. The second kappa shape index (κ2) is 6.92. The zero-order chi connectivity index (χ0) is 13.7. The molecule has 1 saturated carbocycles. The lowest BCUT2D eigenvalue weighted by molar-refractivity contribution is 0.0310. The molecule has 19 heavy (non-hydrogen) atoms. The third-order valence-electron chi connectivity index (χ3n) is 3.64. The summed E-state index contributed by atoms with van der Waals surface area (Å²) in [6.07, 6.45) is 7.86. The molecule has 0 radical (unpaired) electrons. The summed E-state index contributed by atoms with van der Waals surface area (Å²) in [5, 5.41) is 8.00. The molecular weight excluding hydrogens is 260 g/mol. The number of hydrogen-bond donors (Lipinski definition) is 2. The Morgan fingerprint density at radius 1 is 1.26 bits per heavy atom. The van der Waals surface area contributed by atoms with Crippen LogP contribution in [-0.2, 0) is 11.3 Å². The lowest BCUT2D eigenvalue weighted by atomic mass is 10.1.